The van der Waals surface area contributed by atoms with Gasteiger partial charge < -0.3 is 5.32 Å². The highest BCUT2D eigenvalue weighted by Gasteiger charge is 2.44. The Bertz CT molecular complexity index is 233. The van der Waals surface area contributed by atoms with E-state index in [0.717, 1.165) is 23.9 Å². The topological polar surface area (TPSA) is 12.0 Å². The Morgan fingerprint density at radius 1 is 1.07 bits per heavy atom. The first-order valence-corrected chi connectivity index (χ1v) is 6.41. The van der Waals surface area contributed by atoms with Gasteiger partial charge in [0.1, 0.15) is 0 Å². The molecule has 0 aromatic heterocycles. The van der Waals surface area contributed by atoms with E-state index in [1.165, 1.54) is 38.5 Å². The predicted octanol–water partition coefficient (Wildman–Crippen LogP) is 2.95. The molecule has 4 unspecified atom stereocenters. The van der Waals surface area contributed by atoms with Gasteiger partial charge in [0.15, 0.2) is 0 Å². The Hall–Kier alpha value is -0.0400. The highest BCUT2D eigenvalue weighted by atomic mass is 15.0. The van der Waals surface area contributed by atoms with Gasteiger partial charge in [-0.1, -0.05) is 20.3 Å². The standard InChI is InChI=1S/C13H23N/c1-13(2)6-5-12(13)14-11-8-9-3-4-10(11)7-9/h9-12,14H,3-8H2,1-2H3. The van der Waals surface area contributed by atoms with Crippen molar-refractivity contribution in [3.8, 4) is 0 Å². The molecule has 0 saturated heterocycles. The van der Waals surface area contributed by atoms with E-state index in [4.69, 9.17) is 0 Å². The molecule has 3 saturated carbocycles. The first-order chi connectivity index (χ1) is 6.65. The molecule has 3 aliphatic carbocycles. The minimum Gasteiger partial charge on any atom is -0.310 e. The van der Waals surface area contributed by atoms with Gasteiger partial charge in [-0.05, 0) is 49.4 Å². The fraction of sp³-hybridized carbons (Fsp3) is 1.00. The molecule has 0 aromatic rings. The van der Waals surface area contributed by atoms with E-state index >= 15 is 0 Å². The van der Waals surface area contributed by atoms with Crippen LogP contribution in [0.1, 0.15) is 52.4 Å². The van der Waals surface area contributed by atoms with Crippen molar-refractivity contribution in [1.29, 1.82) is 0 Å². The maximum Gasteiger partial charge on any atom is 0.0121 e. The second-order valence-electron chi connectivity index (χ2n) is 6.53. The van der Waals surface area contributed by atoms with Crippen LogP contribution in [-0.4, -0.2) is 12.1 Å². The van der Waals surface area contributed by atoms with Crippen LogP contribution in [0.4, 0.5) is 0 Å². The summed E-state index contributed by atoms with van der Waals surface area (Å²) in [5.41, 5.74) is 0.585. The third-order valence-corrected chi connectivity index (χ3v) is 5.17. The first-order valence-electron chi connectivity index (χ1n) is 6.41. The fourth-order valence-corrected chi connectivity index (χ4v) is 3.88. The van der Waals surface area contributed by atoms with Gasteiger partial charge in [-0.3, -0.25) is 0 Å². The number of hydrogen-bond acceptors (Lipinski definition) is 1. The van der Waals surface area contributed by atoms with Gasteiger partial charge in [-0.2, -0.15) is 0 Å². The molecule has 1 N–H and O–H groups in total. The quantitative estimate of drug-likeness (QED) is 0.711. The second-order valence-corrected chi connectivity index (χ2v) is 6.53. The van der Waals surface area contributed by atoms with E-state index in [1.54, 1.807) is 0 Å². The molecule has 1 heteroatoms. The summed E-state index contributed by atoms with van der Waals surface area (Å²) in [5, 5.41) is 3.94. The van der Waals surface area contributed by atoms with Crippen molar-refractivity contribution < 1.29 is 0 Å². The molecule has 80 valence electrons. The molecule has 0 spiro atoms. The summed E-state index contributed by atoms with van der Waals surface area (Å²) >= 11 is 0. The third kappa shape index (κ3) is 1.32. The molecule has 0 heterocycles. The van der Waals surface area contributed by atoms with Crippen LogP contribution >= 0.6 is 0 Å². The smallest absolute Gasteiger partial charge is 0.0121 e. The Morgan fingerprint density at radius 2 is 1.93 bits per heavy atom. The minimum atomic E-state index is 0.585. The van der Waals surface area contributed by atoms with Crippen LogP contribution in [0.5, 0.6) is 0 Å². The van der Waals surface area contributed by atoms with Crippen LogP contribution in [0.3, 0.4) is 0 Å². The Morgan fingerprint density at radius 3 is 2.36 bits per heavy atom. The first kappa shape index (κ1) is 9.21. The molecule has 1 nitrogen and oxygen atoms in total. The second kappa shape index (κ2) is 2.98. The summed E-state index contributed by atoms with van der Waals surface area (Å²) in [6.45, 7) is 4.84. The van der Waals surface area contributed by atoms with Crippen molar-refractivity contribution in [1.82, 2.24) is 5.32 Å². The van der Waals surface area contributed by atoms with Crippen molar-refractivity contribution in [2.45, 2.75) is 64.5 Å². The maximum atomic E-state index is 3.94. The van der Waals surface area contributed by atoms with Crippen molar-refractivity contribution in [3.05, 3.63) is 0 Å². The van der Waals surface area contributed by atoms with Gasteiger partial charge in [0.2, 0.25) is 0 Å². The predicted molar refractivity (Wildman–Crippen MR) is 59.2 cm³/mol. The zero-order valence-corrected chi connectivity index (χ0v) is 9.55. The van der Waals surface area contributed by atoms with Gasteiger partial charge in [-0.15, -0.1) is 0 Å². The number of rotatable bonds is 2. The average molecular weight is 193 g/mol. The number of fused-ring (bicyclic) bond motifs is 2. The van der Waals surface area contributed by atoms with E-state index in [-0.39, 0.29) is 0 Å². The van der Waals surface area contributed by atoms with Crippen molar-refractivity contribution >= 4 is 0 Å². The Kier molecular flexibility index (Phi) is 1.96. The highest BCUT2D eigenvalue weighted by Crippen LogP contribution is 2.47. The van der Waals surface area contributed by atoms with Crippen LogP contribution in [0.2, 0.25) is 0 Å². The summed E-state index contributed by atoms with van der Waals surface area (Å²) in [6.07, 6.45) is 8.89. The maximum absolute atomic E-state index is 3.94. The van der Waals surface area contributed by atoms with Crippen molar-refractivity contribution in [3.63, 3.8) is 0 Å². The zero-order chi connectivity index (χ0) is 9.76. The van der Waals surface area contributed by atoms with E-state index in [0.29, 0.717) is 5.41 Å². The molecule has 3 aliphatic rings. The molecule has 0 radical (unpaired) electrons. The van der Waals surface area contributed by atoms with Crippen LogP contribution < -0.4 is 5.32 Å². The van der Waals surface area contributed by atoms with Gasteiger partial charge in [0.25, 0.3) is 0 Å². The largest absolute Gasteiger partial charge is 0.310 e. The third-order valence-electron chi connectivity index (χ3n) is 5.17. The van der Waals surface area contributed by atoms with Gasteiger partial charge in [0.05, 0.1) is 0 Å². The molecule has 2 bridgehead atoms. The zero-order valence-electron chi connectivity index (χ0n) is 9.55. The van der Waals surface area contributed by atoms with Crippen molar-refractivity contribution in [2.24, 2.45) is 17.3 Å². The monoisotopic (exact) mass is 193 g/mol. The Balaban J connectivity index is 1.58. The molecule has 0 amide bonds. The molecule has 0 aromatic carbocycles. The molecule has 14 heavy (non-hydrogen) atoms. The van der Waals surface area contributed by atoms with E-state index in [1.807, 2.05) is 0 Å². The fourth-order valence-electron chi connectivity index (χ4n) is 3.88. The lowest BCUT2D eigenvalue weighted by Crippen LogP contribution is -2.54. The lowest BCUT2D eigenvalue weighted by atomic mass is 9.67. The van der Waals surface area contributed by atoms with Crippen LogP contribution in [-0.2, 0) is 0 Å². The van der Waals surface area contributed by atoms with Gasteiger partial charge >= 0.3 is 0 Å². The van der Waals surface area contributed by atoms with Gasteiger partial charge in [0, 0.05) is 12.1 Å². The van der Waals surface area contributed by atoms with E-state index < -0.39 is 0 Å². The number of hydrogen-bond donors (Lipinski definition) is 1. The Labute approximate surface area is 87.7 Å². The summed E-state index contributed by atoms with van der Waals surface area (Å²) in [7, 11) is 0. The summed E-state index contributed by atoms with van der Waals surface area (Å²) in [4.78, 5) is 0. The minimum absolute atomic E-state index is 0.585. The molecular formula is C13H23N. The van der Waals surface area contributed by atoms with E-state index in [2.05, 4.69) is 19.2 Å². The normalized spacial score (nSPS) is 49.3. The van der Waals surface area contributed by atoms with Crippen LogP contribution in [0.25, 0.3) is 0 Å². The molecule has 3 rings (SSSR count). The molecule has 3 fully saturated rings. The number of nitrogens with one attached hydrogen (secondary N) is 1. The summed E-state index contributed by atoms with van der Waals surface area (Å²) < 4.78 is 0. The molecule has 4 atom stereocenters. The lowest BCUT2D eigenvalue weighted by Gasteiger charge is -2.47. The van der Waals surface area contributed by atoms with Crippen molar-refractivity contribution in [2.75, 3.05) is 0 Å². The average Bonchev–Trinajstić information content (AvgIpc) is 2.73. The van der Waals surface area contributed by atoms with Gasteiger partial charge in [-0.25, -0.2) is 0 Å². The SMILES string of the molecule is CC1(C)CCC1NC1CC2CCC1C2. The molecule has 0 aliphatic heterocycles. The highest BCUT2D eigenvalue weighted by molar-refractivity contribution is 5.01. The molecular weight excluding hydrogens is 170 g/mol. The van der Waals surface area contributed by atoms with E-state index in [9.17, 15) is 0 Å². The van der Waals surface area contributed by atoms with Crippen LogP contribution in [0, 0.1) is 17.3 Å². The summed E-state index contributed by atoms with van der Waals surface area (Å²) in [6, 6.07) is 1.71. The summed E-state index contributed by atoms with van der Waals surface area (Å²) in [5.74, 6) is 2.12. The van der Waals surface area contributed by atoms with Crippen LogP contribution in [0.15, 0.2) is 0 Å². The lowest BCUT2D eigenvalue weighted by molar-refractivity contribution is 0.0886.